The van der Waals surface area contributed by atoms with Gasteiger partial charge in [0.2, 0.25) is 0 Å². The molecule has 0 atom stereocenters. The molecule has 4 nitrogen and oxygen atoms in total. The predicted molar refractivity (Wildman–Crippen MR) is 78.5 cm³/mol. The predicted octanol–water partition coefficient (Wildman–Crippen LogP) is 4.14. The van der Waals surface area contributed by atoms with Gasteiger partial charge in [0, 0.05) is 11.1 Å². The summed E-state index contributed by atoms with van der Waals surface area (Å²) in [6.45, 7) is -0.155. The second kappa shape index (κ2) is 7.53. The summed E-state index contributed by atoms with van der Waals surface area (Å²) in [7, 11) is 1.53. The first-order valence-corrected chi connectivity index (χ1v) is 6.61. The molecule has 23 heavy (non-hydrogen) atoms. The lowest BCUT2D eigenvalue weighted by Gasteiger charge is -2.12. The van der Waals surface area contributed by atoms with Crippen LogP contribution in [-0.2, 0) is 11.4 Å². The van der Waals surface area contributed by atoms with Crippen LogP contribution in [0.3, 0.4) is 0 Å². The van der Waals surface area contributed by atoms with Gasteiger partial charge in [-0.1, -0.05) is 35.5 Å². The molecule has 0 N–H and O–H groups in total. The van der Waals surface area contributed by atoms with E-state index in [1.165, 1.54) is 31.5 Å². The van der Waals surface area contributed by atoms with Gasteiger partial charge in [0.15, 0.2) is 0 Å². The Morgan fingerprint density at radius 3 is 2.35 bits per heavy atom. The first kappa shape index (κ1) is 16.7. The summed E-state index contributed by atoms with van der Waals surface area (Å²) >= 11 is 0. The Kier molecular flexibility index (Phi) is 5.46. The van der Waals surface area contributed by atoms with E-state index in [0.717, 1.165) is 0 Å². The van der Waals surface area contributed by atoms with Crippen molar-refractivity contribution in [2.75, 3.05) is 7.11 Å². The van der Waals surface area contributed by atoms with Gasteiger partial charge in [-0.25, -0.2) is 0 Å². The average molecular weight is 325 g/mol. The number of hydrogen-bond acceptors (Lipinski definition) is 4. The van der Waals surface area contributed by atoms with Crippen molar-refractivity contribution in [1.82, 2.24) is 0 Å². The van der Waals surface area contributed by atoms with Crippen molar-refractivity contribution in [2.45, 2.75) is 13.0 Å². The number of rotatable bonds is 6. The smallest absolute Gasteiger partial charge is 0.496 e. The van der Waals surface area contributed by atoms with E-state index in [2.05, 4.69) is 9.89 Å². The number of alkyl halides is 3. The minimum absolute atomic E-state index is 0.155. The molecular formula is C16H14F3NO3. The van der Waals surface area contributed by atoms with Crippen LogP contribution in [0, 0.1) is 0 Å². The van der Waals surface area contributed by atoms with Gasteiger partial charge in [-0.2, -0.15) is 0 Å². The van der Waals surface area contributed by atoms with Crippen LogP contribution in [-0.4, -0.2) is 19.7 Å². The third-order valence-electron chi connectivity index (χ3n) is 2.82. The van der Waals surface area contributed by atoms with Crippen LogP contribution in [0.15, 0.2) is 53.7 Å². The summed E-state index contributed by atoms with van der Waals surface area (Å²) in [6, 6.07) is 12.9. The van der Waals surface area contributed by atoms with E-state index < -0.39 is 6.36 Å². The SMILES string of the molecule is COc1ccccc1C=NOCc1ccccc1OC(F)(F)F. The maximum Gasteiger partial charge on any atom is 0.573 e. The molecule has 2 aromatic carbocycles. The van der Waals surface area contributed by atoms with E-state index in [9.17, 15) is 13.2 Å². The van der Waals surface area contributed by atoms with E-state index in [1.807, 2.05) is 6.07 Å². The second-order valence-corrected chi connectivity index (χ2v) is 4.41. The van der Waals surface area contributed by atoms with E-state index >= 15 is 0 Å². The fourth-order valence-electron chi connectivity index (χ4n) is 1.82. The minimum Gasteiger partial charge on any atom is -0.496 e. The summed E-state index contributed by atoms with van der Waals surface area (Å²) in [6.07, 6.45) is -3.33. The lowest BCUT2D eigenvalue weighted by molar-refractivity contribution is -0.275. The van der Waals surface area contributed by atoms with Crippen molar-refractivity contribution in [3.63, 3.8) is 0 Å². The Balaban J connectivity index is 2.00. The third kappa shape index (κ3) is 5.21. The molecule has 0 saturated heterocycles. The zero-order valence-corrected chi connectivity index (χ0v) is 12.2. The number of oxime groups is 1. The number of para-hydroxylation sites is 2. The monoisotopic (exact) mass is 325 g/mol. The highest BCUT2D eigenvalue weighted by Gasteiger charge is 2.32. The number of benzene rings is 2. The van der Waals surface area contributed by atoms with Crippen LogP contribution >= 0.6 is 0 Å². The highest BCUT2D eigenvalue weighted by molar-refractivity contribution is 5.82. The van der Waals surface area contributed by atoms with Crippen molar-refractivity contribution >= 4 is 6.21 Å². The zero-order chi connectivity index (χ0) is 16.7. The van der Waals surface area contributed by atoms with Gasteiger partial charge in [-0.3, -0.25) is 0 Å². The van der Waals surface area contributed by atoms with Gasteiger partial charge in [-0.15, -0.1) is 13.2 Å². The Morgan fingerprint density at radius 1 is 1.00 bits per heavy atom. The van der Waals surface area contributed by atoms with Crippen molar-refractivity contribution in [3.05, 3.63) is 59.7 Å². The topological polar surface area (TPSA) is 40.0 Å². The van der Waals surface area contributed by atoms with Crippen molar-refractivity contribution in [1.29, 1.82) is 0 Å². The number of hydrogen-bond donors (Lipinski definition) is 0. The molecule has 0 spiro atoms. The maximum absolute atomic E-state index is 12.3. The molecule has 0 heterocycles. The standard InChI is InChI=1S/C16H14F3NO3/c1-21-14-8-4-2-6-12(14)10-20-22-11-13-7-3-5-9-15(13)23-16(17,18)19/h2-10H,11H2,1H3. The molecule has 0 aliphatic heterocycles. The van der Waals surface area contributed by atoms with Gasteiger partial charge in [0.25, 0.3) is 0 Å². The minimum atomic E-state index is -4.75. The molecule has 0 aliphatic rings. The summed E-state index contributed by atoms with van der Waals surface area (Å²) in [5, 5.41) is 3.74. The van der Waals surface area contributed by atoms with Gasteiger partial charge in [0.1, 0.15) is 18.1 Å². The summed E-state index contributed by atoms with van der Waals surface area (Å²) < 4.78 is 46.0. The molecule has 0 saturated carbocycles. The van der Waals surface area contributed by atoms with Crippen molar-refractivity contribution in [3.8, 4) is 11.5 Å². The van der Waals surface area contributed by atoms with E-state index in [1.54, 1.807) is 24.3 Å². The fraction of sp³-hybridized carbons (Fsp3) is 0.188. The normalized spacial score (nSPS) is 11.5. The summed E-state index contributed by atoms with van der Waals surface area (Å²) in [5.74, 6) is 0.299. The quantitative estimate of drug-likeness (QED) is 0.592. The fourth-order valence-corrected chi connectivity index (χ4v) is 1.82. The van der Waals surface area contributed by atoms with E-state index in [0.29, 0.717) is 11.3 Å². The highest BCUT2D eigenvalue weighted by atomic mass is 19.4. The number of ether oxygens (including phenoxy) is 2. The van der Waals surface area contributed by atoms with Gasteiger partial charge in [0.05, 0.1) is 13.3 Å². The highest BCUT2D eigenvalue weighted by Crippen LogP contribution is 2.26. The largest absolute Gasteiger partial charge is 0.573 e. The Hall–Kier alpha value is -2.70. The molecule has 0 unspecified atom stereocenters. The van der Waals surface area contributed by atoms with E-state index in [-0.39, 0.29) is 17.9 Å². The lowest BCUT2D eigenvalue weighted by atomic mass is 10.2. The molecule has 0 aliphatic carbocycles. The molecule has 7 heteroatoms. The summed E-state index contributed by atoms with van der Waals surface area (Å²) in [4.78, 5) is 5.04. The Bertz CT molecular complexity index is 672. The molecule has 0 aromatic heterocycles. The first-order chi connectivity index (χ1) is 11.0. The van der Waals surface area contributed by atoms with Crippen LogP contribution in [0.2, 0.25) is 0 Å². The average Bonchev–Trinajstić information content (AvgIpc) is 2.52. The molecule has 0 bridgehead atoms. The van der Waals surface area contributed by atoms with Crippen LogP contribution in [0.1, 0.15) is 11.1 Å². The van der Waals surface area contributed by atoms with Gasteiger partial charge >= 0.3 is 6.36 Å². The number of halogens is 3. The first-order valence-electron chi connectivity index (χ1n) is 6.61. The van der Waals surface area contributed by atoms with Crippen molar-refractivity contribution < 1.29 is 27.5 Å². The molecule has 0 fully saturated rings. The van der Waals surface area contributed by atoms with Crippen molar-refractivity contribution in [2.24, 2.45) is 5.16 Å². The number of nitrogens with zero attached hydrogens (tertiary/aromatic N) is 1. The van der Waals surface area contributed by atoms with E-state index in [4.69, 9.17) is 9.57 Å². The van der Waals surface area contributed by atoms with Gasteiger partial charge in [-0.05, 0) is 18.2 Å². The molecule has 2 aromatic rings. The molecule has 0 radical (unpaired) electrons. The van der Waals surface area contributed by atoms with Crippen LogP contribution in [0.25, 0.3) is 0 Å². The summed E-state index contributed by atoms with van der Waals surface area (Å²) in [5.41, 5.74) is 0.928. The van der Waals surface area contributed by atoms with Crippen LogP contribution < -0.4 is 9.47 Å². The number of methoxy groups -OCH3 is 1. The second-order valence-electron chi connectivity index (χ2n) is 4.41. The maximum atomic E-state index is 12.3. The Morgan fingerprint density at radius 2 is 1.65 bits per heavy atom. The van der Waals surface area contributed by atoms with Crippen LogP contribution in [0.4, 0.5) is 13.2 Å². The molecular weight excluding hydrogens is 311 g/mol. The van der Waals surface area contributed by atoms with Gasteiger partial charge < -0.3 is 14.3 Å². The molecule has 122 valence electrons. The molecule has 2 rings (SSSR count). The Labute approximate surface area is 131 Å². The lowest BCUT2D eigenvalue weighted by Crippen LogP contribution is -2.18. The zero-order valence-electron chi connectivity index (χ0n) is 12.2. The van der Waals surface area contributed by atoms with Crippen LogP contribution in [0.5, 0.6) is 11.5 Å². The third-order valence-corrected chi connectivity index (χ3v) is 2.82. The molecule has 0 amide bonds.